The molecular formula is C28H29F3N4O3. The minimum atomic E-state index is -4.64. The zero-order valence-corrected chi connectivity index (χ0v) is 21.3. The number of carbonyl (C=O) groups excluding carboxylic acids is 1. The highest BCUT2D eigenvalue weighted by Crippen LogP contribution is 2.41. The third kappa shape index (κ3) is 5.10. The highest BCUT2D eigenvalue weighted by Gasteiger charge is 2.43. The summed E-state index contributed by atoms with van der Waals surface area (Å²) in [4.78, 5) is 23.1. The summed E-state index contributed by atoms with van der Waals surface area (Å²) < 4.78 is 44.8. The second-order valence-electron chi connectivity index (χ2n) is 10.4. The molecule has 0 aliphatic carbocycles. The highest BCUT2D eigenvalue weighted by molar-refractivity contribution is 6.04. The van der Waals surface area contributed by atoms with Crippen LogP contribution in [0.5, 0.6) is 0 Å². The molecule has 1 saturated heterocycles. The van der Waals surface area contributed by atoms with Crippen LogP contribution in [0.4, 0.5) is 24.5 Å². The summed E-state index contributed by atoms with van der Waals surface area (Å²) in [6, 6.07) is 9.43. The van der Waals surface area contributed by atoms with Crippen LogP contribution >= 0.6 is 0 Å². The van der Waals surface area contributed by atoms with E-state index in [2.05, 4.69) is 21.3 Å². The molecule has 0 saturated carbocycles. The third-order valence-corrected chi connectivity index (χ3v) is 7.33. The number of aliphatic hydroxyl groups is 1. The molecule has 7 nitrogen and oxygen atoms in total. The lowest BCUT2D eigenvalue weighted by Gasteiger charge is -2.49. The van der Waals surface area contributed by atoms with Crippen molar-refractivity contribution in [2.45, 2.75) is 45.0 Å². The smallest absolute Gasteiger partial charge is 0.390 e. The van der Waals surface area contributed by atoms with Gasteiger partial charge in [0.05, 0.1) is 36.2 Å². The molecule has 5 rings (SSSR count). The Balaban J connectivity index is 1.44. The van der Waals surface area contributed by atoms with Gasteiger partial charge in [0, 0.05) is 41.7 Å². The maximum atomic E-state index is 13.0. The summed E-state index contributed by atoms with van der Waals surface area (Å²) in [5.74, 6) is -0.690. The summed E-state index contributed by atoms with van der Waals surface area (Å²) >= 11 is 0. The third-order valence-electron chi connectivity index (χ3n) is 7.33. The lowest BCUT2D eigenvalue weighted by Crippen LogP contribution is -2.58. The van der Waals surface area contributed by atoms with Crippen molar-refractivity contribution in [3.63, 3.8) is 0 Å². The number of ether oxygens (including phenoxy) is 1. The molecule has 1 amide bonds. The number of benzene rings is 1. The number of hydrogen-bond donors (Lipinski definition) is 2. The fraction of sp³-hybridized carbons (Fsp3) is 0.393. The molecule has 2 aliphatic rings. The zero-order chi connectivity index (χ0) is 27.2. The Kier molecular flexibility index (Phi) is 6.65. The Morgan fingerprint density at radius 2 is 1.95 bits per heavy atom. The molecule has 2 atom stereocenters. The molecule has 2 aromatic heterocycles. The van der Waals surface area contributed by atoms with Gasteiger partial charge in [-0.05, 0) is 68.7 Å². The SMILES string of the molecule is Cc1ccc(NC(=O)c2ccnc(C(F)(F)F)c2)cc1-c1cnc2c(c1)N1CCOCC1C(C(C)(C)O)C2. The Labute approximate surface area is 218 Å². The number of morpholine rings is 1. The number of fused-ring (bicyclic) bond motifs is 3. The standard InChI is InChI=1S/C28H29F3N4O3/c1-16-4-5-19(34-26(36)17-6-7-32-25(11-17)28(29,30)31)12-20(16)18-10-23-22(33-14-18)13-21(27(2,3)37)24-15-38-9-8-35(23)24/h4-7,10-12,14,21,24,37H,8-9,13,15H2,1-3H3,(H,34,36). The van der Waals surface area contributed by atoms with Crippen molar-refractivity contribution in [3.05, 3.63) is 71.3 Å². The quantitative estimate of drug-likeness (QED) is 0.505. The van der Waals surface area contributed by atoms with Crippen molar-refractivity contribution < 1.29 is 27.8 Å². The van der Waals surface area contributed by atoms with Gasteiger partial charge in [0.1, 0.15) is 5.69 Å². The summed E-state index contributed by atoms with van der Waals surface area (Å²) in [6.07, 6.45) is -1.25. The van der Waals surface area contributed by atoms with Crippen LogP contribution in [-0.4, -0.2) is 52.4 Å². The fourth-order valence-electron chi connectivity index (χ4n) is 5.30. The van der Waals surface area contributed by atoms with Gasteiger partial charge in [-0.3, -0.25) is 14.8 Å². The van der Waals surface area contributed by atoms with Crippen molar-refractivity contribution in [3.8, 4) is 11.1 Å². The highest BCUT2D eigenvalue weighted by atomic mass is 19.4. The molecule has 200 valence electrons. The maximum Gasteiger partial charge on any atom is 0.433 e. The molecule has 3 aromatic rings. The van der Waals surface area contributed by atoms with E-state index in [0.29, 0.717) is 31.9 Å². The first kappa shape index (κ1) is 26.1. The minimum Gasteiger partial charge on any atom is -0.390 e. The Hall–Kier alpha value is -3.50. The first-order valence-electron chi connectivity index (χ1n) is 12.4. The van der Waals surface area contributed by atoms with E-state index in [0.717, 1.165) is 40.3 Å². The minimum absolute atomic E-state index is 0.0278. The van der Waals surface area contributed by atoms with Gasteiger partial charge in [0.2, 0.25) is 0 Å². The second kappa shape index (κ2) is 9.67. The molecule has 2 aliphatic heterocycles. The molecule has 1 aromatic carbocycles. The van der Waals surface area contributed by atoms with Crippen LogP contribution in [-0.2, 0) is 17.3 Å². The molecule has 38 heavy (non-hydrogen) atoms. The summed E-state index contributed by atoms with van der Waals surface area (Å²) in [7, 11) is 0. The number of carbonyl (C=O) groups is 1. The first-order valence-corrected chi connectivity index (χ1v) is 12.4. The van der Waals surface area contributed by atoms with Crippen LogP contribution < -0.4 is 10.2 Å². The predicted octanol–water partition coefficient (Wildman–Crippen LogP) is 4.87. The average molecular weight is 527 g/mol. The van der Waals surface area contributed by atoms with Crippen LogP contribution in [0.3, 0.4) is 0 Å². The topological polar surface area (TPSA) is 87.6 Å². The van der Waals surface area contributed by atoms with Crippen molar-refractivity contribution in [1.82, 2.24) is 9.97 Å². The normalized spacial score (nSPS) is 19.5. The first-order chi connectivity index (χ1) is 17.9. The van der Waals surface area contributed by atoms with Gasteiger partial charge in [-0.15, -0.1) is 0 Å². The van der Waals surface area contributed by atoms with Crippen LogP contribution in [0.1, 0.15) is 41.2 Å². The number of aromatic nitrogens is 2. The summed E-state index contributed by atoms with van der Waals surface area (Å²) in [5, 5.41) is 13.5. The van der Waals surface area contributed by atoms with E-state index in [9.17, 15) is 23.1 Å². The number of amides is 1. The Morgan fingerprint density at radius 1 is 1.16 bits per heavy atom. The molecule has 0 spiro atoms. The zero-order valence-electron chi connectivity index (χ0n) is 21.3. The van der Waals surface area contributed by atoms with E-state index in [4.69, 9.17) is 9.72 Å². The van der Waals surface area contributed by atoms with Gasteiger partial charge in [-0.1, -0.05) is 6.07 Å². The predicted molar refractivity (Wildman–Crippen MR) is 137 cm³/mol. The second-order valence-corrected chi connectivity index (χ2v) is 10.4. The van der Waals surface area contributed by atoms with Gasteiger partial charge in [0.25, 0.3) is 5.91 Å². The van der Waals surface area contributed by atoms with Crippen molar-refractivity contribution in [1.29, 1.82) is 0 Å². The van der Waals surface area contributed by atoms with Gasteiger partial charge in [-0.25, -0.2) is 0 Å². The van der Waals surface area contributed by atoms with Crippen molar-refractivity contribution >= 4 is 17.3 Å². The number of aryl methyl sites for hydroxylation is 1. The van der Waals surface area contributed by atoms with E-state index >= 15 is 0 Å². The van der Waals surface area contributed by atoms with Gasteiger partial charge >= 0.3 is 6.18 Å². The molecule has 1 fully saturated rings. The molecular weight excluding hydrogens is 497 g/mol. The fourth-order valence-corrected chi connectivity index (χ4v) is 5.30. The van der Waals surface area contributed by atoms with Crippen molar-refractivity contribution in [2.24, 2.45) is 5.92 Å². The van der Waals surface area contributed by atoms with Gasteiger partial charge < -0.3 is 20.1 Å². The maximum absolute atomic E-state index is 13.0. The molecule has 4 heterocycles. The molecule has 2 N–H and O–H groups in total. The Morgan fingerprint density at radius 3 is 2.68 bits per heavy atom. The number of anilines is 2. The lowest BCUT2D eigenvalue weighted by atomic mass is 9.77. The van der Waals surface area contributed by atoms with E-state index in [-0.39, 0.29) is 17.5 Å². The summed E-state index contributed by atoms with van der Waals surface area (Å²) in [5.41, 5.74) is 2.88. The van der Waals surface area contributed by atoms with Gasteiger partial charge in [0.15, 0.2) is 0 Å². The number of rotatable bonds is 4. The van der Waals surface area contributed by atoms with Crippen LogP contribution in [0, 0.1) is 12.8 Å². The largest absolute Gasteiger partial charge is 0.433 e. The van der Waals surface area contributed by atoms with Gasteiger partial charge in [-0.2, -0.15) is 13.2 Å². The van der Waals surface area contributed by atoms with Crippen LogP contribution in [0.15, 0.2) is 48.8 Å². The number of hydrogen-bond acceptors (Lipinski definition) is 6. The average Bonchev–Trinajstić information content (AvgIpc) is 2.88. The molecule has 10 heteroatoms. The van der Waals surface area contributed by atoms with E-state index in [1.807, 2.05) is 26.8 Å². The molecule has 2 unspecified atom stereocenters. The summed E-state index contributed by atoms with van der Waals surface area (Å²) in [6.45, 7) is 7.40. The Bertz CT molecular complexity index is 1370. The number of halogens is 3. The number of pyridine rings is 2. The van der Waals surface area contributed by atoms with E-state index < -0.39 is 23.4 Å². The monoisotopic (exact) mass is 526 g/mol. The van der Waals surface area contributed by atoms with E-state index in [1.54, 1.807) is 18.3 Å². The van der Waals surface area contributed by atoms with Crippen molar-refractivity contribution in [2.75, 3.05) is 30.0 Å². The molecule has 0 bridgehead atoms. The molecule has 0 radical (unpaired) electrons. The number of alkyl halides is 3. The lowest BCUT2D eigenvalue weighted by molar-refractivity contribution is -0.141. The van der Waals surface area contributed by atoms with Crippen LogP contribution in [0.2, 0.25) is 0 Å². The number of nitrogens with zero attached hydrogens (tertiary/aromatic N) is 3. The van der Waals surface area contributed by atoms with E-state index in [1.165, 1.54) is 6.07 Å². The van der Waals surface area contributed by atoms with Crippen LogP contribution in [0.25, 0.3) is 11.1 Å². The number of nitrogens with one attached hydrogen (secondary N) is 1.